The molecule has 0 saturated heterocycles. The smallest absolute Gasteiger partial charge is 0.124 e. The molecule has 110 valence electrons. The maximum atomic E-state index is 12.3. The first-order valence-electron chi connectivity index (χ1n) is 7.15. The van der Waals surface area contributed by atoms with Crippen LogP contribution in [0.25, 0.3) is 0 Å². The average Bonchev–Trinajstić information content (AvgIpc) is 2.29. The summed E-state index contributed by atoms with van der Waals surface area (Å²) in [5.41, 5.74) is 2.07. The van der Waals surface area contributed by atoms with E-state index >= 15 is 0 Å². The van der Waals surface area contributed by atoms with Gasteiger partial charge in [-0.2, -0.15) is 0 Å². The van der Waals surface area contributed by atoms with Gasteiger partial charge in [0.2, 0.25) is 0 Å². The van der Waals surface area contributed by atoms with Crippen molar-refractivity contribution in [3.8, 4) is 0 Å². The average molecular weight is 307 g/mol. The summed E-state index contributed by atoms with van der Waals surface area (Å²) in [5, 5.41) is 0.704. The summed E-state index contributed by atoms with van der Waals surface area (Å²) in [4.78, 5) is 24.5. The lowest BCUT2D eigenvalue weighted by Gasteiger charge is -2.18. The van der Waals surface area contributed by atoms with E-state index in [1.54, 1.807) is 0 Å². The Hall–Kier alpha value is -1.01. The lowest BCUT2D eigenvalue weighted by atomic mass is 10.0. The fraction of sp³-hybridized carbons (Fsp3) is 0.500. The fourth-order valence-electron chi connectivity index (χ4n) is 1.78. The maximum absolute atomic E-state index is 12.3. The molecule has 2 nitrogen and oxygen atoms in total. The van der Waals surface area contributed by atoms with Crippen molar-refractivity contribution in [2.24, 2.45) is 0 Å². The molecule has 0 aliphatic carbocycles. The highest BCUT2D eigenvalue weighted by molar-refractivity contribution is 7.04. The molecule has 0 N–H and O–H groups in total. The van der Waals surface area contributed by atoms with E-state index in [9.17, 15) is 9.59 Å². The molecule has 0 aliphatic rings. The van der Waals surface area contributed by atoms with Gasteiger partial charge in [0.05, 0.1) is 0 Å². The van der Waals surface area contributed by atoms with Crippen LogP contribution in [0.5, 0.6) is 0 Å². The van der Waals surface area contributed by atoms with Crippen LogP contribution in [0.15, 0.2) is 24.3 Å². The summed E-state index contributed by atoms with van der Waals surface area (Å²) >= 11 is 0. The van der Waals surface area contributed by atoms with Gasteiger partial charge < -0.3 is 9.59 Å². The fourth-order valence-corrected chi connectivity index (χ4v) is 3.22. The molecule has 0 saturated carbocycles. The van der Waals surface area contributed by atoms with Crippen molar-refractivity contribution in [3.05, 3.63) is 35.4 Å². The summed E-state index contributed by atoms with van der Waals surface area (Å²) in [6.07, 6.45) is 0.954. The molecular weight excluding hydrogens is 280 g/mol. The van der Waals surface area contributed by atoms with Crippen LogP contribution in [0.3, 0.4) is 0 Å². The van der Waals surface area contributed by atoms with Gasteiger partial charge in [-0.1, -0.05) is 63.5 Å². The number of carbonyl (C=O) groups is 2. The predicted molar refractivity (Wildman–Crippen MR) is 90.6 cm³/mol. The third kappa shape index (κ3) is 4.83. The zero-order chi connectivity index (χ0) is 15.6. The van der Waals surface area contributed by atoms with Gasteiger partial charge in [-0.05, 0) is 11.1 Å². The molecule has 1 aromatic carbocycles. The van der Waals surface area contributed by atoms with E-state index < -0.39 is 16.1 Å². The van der Waals surface area contributed by atoms with Crippen LogP contribution < -0.4 is 0 Å². The second kappa shape index (κ2) is 6.18. The Kier molecular flexibility index (Phi) is 5.27. The summed E-state index contributed by atoms with van der Waals surface area (Å²) in [7, 11) is -3.52. The standard InChI is InChI=1S/C16H26O2Si2/c1-19(2,3)15(17)11-13-9-7-8-10-14(13)12-16(18)20(4,5)6/h7-10H,11-12H2,1-6H3. The maximum Gasteiger partial charge on any atom is 0.124 e. The van der Waals surface area contributed by atoms with Gasteiger partial charge >= 0.3 is 0 Å². The normalized spacial score (nSPS) is 12.3. The van der Waals surface area contributed by atoms with Crippen LogP contribution in [0.4, 0.5) is 0 Å². The first-order chi connectivity index (χ1) is 9.01. The Labute approximate surface area is 124 Å². The van der Waals surface area contributed by atoms with Crippen molar-refractivity contribution in [1.29, 1.82) is 0 Å². The molecule has 20 heavy (non-hydrogen) atoms. The molecule has 0 amide bonds. The molecule has 1 aromatic rings. The summed E-state index contributed by atoms with van der Waals surface area (Å²) in [5.74, 6) is 0. The van der Waals surface area contributed by atoms with E-state index in [4.69, 9.17) is 0 Å². The third-order valence-corrected chi connectivity index (χ3v) is 7.19. The molecule has 0 bridgehead atoms. The Bertz CT molecular complexity index is 461. The Balaban J connectivity index is 2.95. The summed E-state index contributed by atoms with van der Waals surface area (Å²) < 4.78 is 0. The van der Waals surface area contributed by atoms with Crippen LogP contribution in [-0.4, -0.2) is 27.0 Å². The number of benzene rings is 1. The largest absolute Gasteiger partial charge is 0.305 e. The van der Waals surface area contributed by atoms with E-state index in [0.717, 1.165) is 11.1 Å². The highest BCUT2D eigenvalue weighted by Gasteiger charge is 2.27. The quantitative estimate of drug-likeness (QED) is 0.752. The van der Waals surface area contributed by atoms with Gasteiger partial charge in [0.15, 0.2) is 0 Å². The van der Waals surface area contributed by atoms with Gasteiger partial charge in [-0.3, -0.25) is 0 Å². The highest BCUT2D eigenvalue weighted by atomic mass is 28.3. The first-order valence-corrected chi connectivity index (χ1v) is 14.1. The van der Waals surface area contributed by atoms with E-state index in [-0.39, 0.29) is 0 Å². The highest BCUT2D eigenvalue weighted by Crippen LogP contribution is 2.16. The Morgan fingerprint density at radius 2 is 1.05 bits per heavy atom. The second-order valence-electron chi connectivity index (χ2n) is 7.47. The van der Waals surface area contributed by atoms with Crippen molar-refractivity contribution in [1.82, 2.24) is 0 Å². The lowest BCUT2D eigenvalue weighted by molar-refractivity contribution is -0.113. The van der Waals surface area contributed by atoms with Crippen LogP contribution in [0.1, 0.15) is 11.1 Å². The molecule has 0 heterocycles. The van der Waals surface area contributed by atoms with Crippen molar-refractivity contribution in [2.45, 2.75) is 52.1 Å². The van der Waals surface area contributed by atoms with E-state index in [1.165, 1.54) is 0 Å². The lowest BCUT2D eigenvalue weighted by Crippen LogP contribution is -2.36. The Morgan fingerprint density at radius 1 is 0.750 bits per heavy atom. The van der Waals surface area contributed by atoms with Crippen molar-refractivity contribution in [3.63, 3.8) is 0 Å². The zero-order valence-electron chi connectivity index (χ0n) is 13.5. The molecule has 0 aromatic heterocycles. The minimum Gasteiger partial charge on any atom is -0.305 e. The molecule has 4 heteroatoms. The monoisotopic (exact) mass is 306 g/mol. The molecule has 0 aliphatic heterocycles. The third-order valence-electron chi connectivity index (χ3n) is 3.49. The zero-order valence-corrected chi connectivity index (χ0v) is 15.5. The minimum absolute atomic E-state index is 0.352. The molecule has 0 radical (unpaired) electrons. The molecule has 0 fully saturated rings. The van der Waals surface area contributed by atoms with Gasteiger partial charge in [0, 0.05) is 12.8 Å². The predicted octanol–water partition coefficient (Wildman–Crippen LogP) is 3.66. The van der Waals surface area contributed by atoms with Crippen LogP contribution >= 0.6 is 0 Å². The van der Waals surface area contributed by atoms with Gasteiger partial charge in [-0.15, -0.1) is 0 Å². The SMILES string of the molecule is C[Si](C)(C)C(=O)Cc1ccccc1CC(=O)[Si](C)(C)C. The first kappa shape index (κ1) is 17.0. The molecule has 0 atom stereocenters. The van der Waals surface area contributed by atoms with Crippen LogP contribution in [0.2, 0.25) is 39.3 Å². The number of carbonyl (C=O) groups excluding carboxylic acids is 2. The Morgan fingerprint density at radius 3 is 1.30 bits per heavy atom. The van der Waals surface area contributed by atoms with Crippen molar-refractivity contribution < 1.29 is 9.59 Å². The second-order valence-corrected chi connectivity index (χ2v) is 17.6. The molecule has 0 unspecified atom stereocenters. The van der Waals surface area contributed by atoms with E-state index in [1.807, 2.05) is 24.3 Å². The summed E-state index contributed by atoms with van der Waals surface area (Å²) in [6, 6.07) is 7.89. The molecular formula is C16H26O2Si2. The molecule has 1 rings (SSSR count). The van der Waals surface area contributed by atoms with Crippen LogP contribution in [-0.2, 0) is 22.4 Å². The molecule has 0 spiro atoms. The van der Waals surface area contributed by atoms with Gasteiger partial charge in [0.25, 0.3) is 0 Å². The number of hydrogen-bond donors (Lipinski definition) is 0. The van der Waals surface area contributed by atoms with Gasteiger partial charge in [0.1, 0.15) is 27.0 Å². The summed E-state index contributed by atoms with van der Waals surface area (Å²) in [6.45, 7) is 12.4. The van der Waals surface area contributed by atoms with Crippen molar-refractivity contribution >= 4 is 27.0 Å². The van der Waals surface area contributed by atoms with Crippen molar-refractivity contribution in [2.75, 3.05) is 0 Å². The van der Waals surface area contributed by atoms with Crippen LogP contribution in [0, 0.1) is 0 Å². The minimum atomic E-state index is -1.76. The number of hydrogen-bond acceptors (Lipinski definition) is 2. The number of rotatable bonds is 6. The van der Waals surface area contributed by atoms with Gasteiger partial charge in [-0.25, -0.2) is 0 Å². The van der Waals surface area contributed by atoms with E-state index in [0.29, 0.717) is 23.7 Å². The topological polar surface area (TPSA) is 34.1 Å². The van der Waals surface area contributed by atoms with E-state index in [2.05, 4.69) is 39.3 Å².